The first kappa shape index (κ1) is 20.5. The standard InChI is InChI=1S/C22H28N2O3/c1-16-8-5-11-19(14-16)27-13-7-12-21(26)24(4)15-20(25)23-22-17(2)9-6-10-18(22)3/h5-6,8-11,14H,7,12-13,15H2,1-4H3,(H,23,25). The lowest BCUT2D eigenvalue weighted by molar-refractivity contribution is -0.133. The number of rotatable bonds is 8. The van der Waals surface area contributed by atoms with E-state index in [0.717, 1.165) is 28.1 Å². The molecule has 0 radical (unpaired) electrons. The van der Waals surface area contributed by atoms with Gasteiger partial charge < -0.3 is 15.0 Å². The van der Waals surface area contributed by atoms with Crippen molar-refractivity contribution in [3.8, 4) is 5.75 Å². The number of benzene rings is 2. The van der Waals surface area contributed by atoms with Crippen molar-refractivity contribution in [2.75, 3.05) is 25.5 Å². The largest absolute Gasteiger partial charge is 0.494 e. The molecule has 144 valence electrons. The smallest absolute Gasteiger partial charge is 0.243 e. The first-order valence-electron chi connectivity index (χ1n) is 9.16. The number of para-hydroxylation sites is 1. The summed E-state index contributed by atoms with van der Waals surface area (Å²) in [5.74, 6) is 0.544. The van der Waals surface area contributed by atoms with Gasteiger partial charge in [0.05, 0.1) is 13.2 Å². The second-order valence-corrected chi connectivity index (χ2v) is 6.83. The molecule has 0 aliphatic carbocycles. The van der Waals surface area contributed by atoms with Crippen molar-refractivity contribution >= 4 is 17.5 Å². The van der Waals surface area contributed by atoms with Crippen LogP contribution in [-0.4, -0.2) is 36.9 Å². The van der Waals surface area contributed by atoms with Crippen LogP contribution in [0.2, 0.25) is 0 Å². The minimum atomic E-state index is -0.195. The number of hydrogen-bond donors (Lipinski definition) is 1. The van der Waals surface area contributed by atoms with E-state index in [1.54, 1.807) is 7.05 Å². The SMILES string of the molecule is Cc1cccc(OCCCC(=O)N(C)CC(=O)Nc2c(C)cccc2C)c1. The predicted octanol–water partition coefficient (Wildman–Crippen LogP) is 3.87. The summed E-state index contributed by atoms with van der Waals surface area (Å²) < 4.78 is 5.65. The van der Waals surface area contributed by atoms with Crippen LogP contribution in [-0.2, 0) is 9.59 Å². The average molecular weight is 368 g/mol. The molecule has 5 nitrogen and oxygen atoms in total. The molecule has 0 aliphatic heterocycles. The molecule has 0 fully saturated rings. The van der Waals surface area contributed by atoms with E-state index in [2.05, 4.69) is 5.32 Å². The van der Waals surface area contributed by atoms with Crippen molar-refractivity contribution in [3.63, 3.8) is 0 Å². The maximum Gasteiger partial charge on any atom is 0.243 e. The minimum absolute atomic E-state index is 0.0331. The van der Waals surface area contributed by atoms with Gasteiger partial charge in [0.1, 0.15) is 5.75 Å². The molecule has 0 bridgehead atoms. The van der Waals surface area contributed by atoms with Crippen molar-refractivity contribution in [2.45, 2.75) is 33.6 Å². The summed E-state index contributed by atoms with van der Waals surface area (Å²) in [4.78, 5) is 25.9. The number of likely N-dealkylation sites (N-methyl/N-ethyl adjacent to an activating group) is 1. The number of amides is 2. The predicted molar refractivity (Wildman–Crippen MR) is 108 cm³/mol. The fraction of sp³-hybridized carbons (Fsp3) is 0.364. The highest BCUT2D eigenvalue weighted by atomic mass is 16.5. The molecule has 0 heterocycles. The van der Waals surface area contributed by atoms with Gasteiger partial charge in [0, 0.05) is 19.2 Å². The molecule has 2 rings (SSSR count). The van der Waals surface area contributed by atoms with E-state index in [0.29, 0.717) is 19.4 Å². The molecular formula is C22H28N2O3. The Morgan fingerprint density at radius 1 is 1.04 bits per heavy atom. The molecule has 1 N–H and O–H groups in total. The molecule has 27 heavy (non-hydrogen) atoms. The molecule has 2 aromatic rings. The van der Waals surface area contributed by atoms with E-state index in [1.807, 2.05) is 63.2 Å². The number of aryl methyl sites for hydroxylation is 3. The molecule has 0 unspecified atom stereocenters. The number of ether oxygens (including phenoxy) is 1. The van der Waals surface area contributed by atoms with E-state index in [9.17, 15) is 9.59 Å². The maximum atomic E-state index is 12.2. The van der Waals surface area contributed by atoms with Gasteiger partial charge >= 0.3 is 0 Å². The lowest BCUT2D eigenvalue weighted by Crippen LogP contribution is -2.35. The number of carbonyl (C=O) groups is 2. The van der Waals surface area contributed by atoms with Crippen molar-refractivity contribution in [2.24, 2.45) is 0 Å². The van der Waals surface area contributed by atoms with Crippen molar-refractivity contribution in [1.29, 1.82) is 0 Å². The Balaban J connectivity index is 1.74. The second kappa shape index (κ2) is 9.76. The van der Waals surface area contributed by atoms with Gasteiger partial charge in [0.25, 0.3) is 0 Å². The molecule has 0 saturated heterocycles. The highest BCUT2D eigenvalue weighted by Gasteiger charge is 2.14. The van der Waals surface area contributed by atoms with Gasteiger partial charge in [-0.05, 0) is 56.0 Å². The average Bonchev–Trinajstić information content (AvgIpc) is 2.62. The van der Waals surface area contributed by atoms with Crippen LogP contribution < -0.4 is 10.1 Å². The van der Waals surface area contributed by atoms with E-state index >= 15 is 0 Å². The van der Waals surface area contributed by atoms with Crippen molar-refractivity contribution in [3.05, 3.63) is 59.2 Å². The van der Waals surface area contributed by atoms with Crippen LogP contribution in [0, 0.1) is 20.8 Å². The van der Waals surface area contributed by atoms with Crippen LogP contribution in [0.3, 0.4) is 0 Å². The number of anilines is 1. The van der Waals surface area contributed by atoms with Gasteiger partial charge in [0.2, 0.25) is 11.8 Å². The normalized spacial score (nSPS) is 10.4. The Morgan fingerprint density at radius 3 is 2.37 bits per heavy atom. The molecule has 0 aromatic heterocycles. The fourth-order valence-corrected chi connectivity index (χ4v) is 2.80. The molecular weight excluding hydrogens is 340 g/mol. The number of hydrogen-bond acceptors (Lipinski definition) is 3. The van der Waals surface area contributed by atoms with Crippen LogP contribution in [0.15, 0.2) is 42.5 Å². The Hall–Kier alpha value is -2.82. The molecule has 0 spiro atoms. The Morgan fingerprint density at radius 2 is 1.70 bits per heavy atom. The van der Waals surface area contributed by atoms with Crippen LogP contribution in [0.4, 0.5) is 5.69 Å². The minimum Gasteiger partial charge on any atom is -0.494 e. The first-order chi connectivity index (χ1) is 12.9. The van der Waals surface area contributed by atoms with Gasteiger partial charge in [-0.2, -0.15) is 0 Å². The van der Waals surface area contributed by atoms with Gasteiger partial charge in [-0.3, -0.25) is 9.59 Å². The Bertz CT molecular complexity index is 782. The second-order valence-electron chi connectivity index (χ2n) is 6.83. The third-order valence-electron chi connectivity index (χ3n) is 4.35. The topological polar surface area (TPSA) is 58.6 Å². The van der Waals surface area contributed by atoms with Gasteiger partial charge in [-0.1, -0.05) is 30.3 Å². The summed E-state index contributed by atoms with van der Waals surface area (Å²) in [5, 5.41) is 2.90. The maximum absolute atomic E-state index is 12.2. The van der Waals surface area contributed by atoms with Crippen LogP contribution in [0.5, 0.6) is 5.75 Å². The van der Waals surface area contributed by atoms with Gasteiger partial charge in [-0.25, -0.2) is 0 Å². The van der Waals surface area contributed by atoms with Crippen LogP contribution in [0.25, 0.3) is 0 Å². The monoisotopic (exact) mass is 368 g/mol. The van der Waals surface area contributed by atoms with Gasteiger partial charge in [-0.15, -0.1) is 0 Å². The lowest BCUT2D eigenvalue weighted by atomic mass is 10.1. The summed E-state index contributed by atoms with van der Waals surface area (Å²) in [7, 11) is 1.65. The number of carbonyl (C=O) groups excluding carboxylic acids is 2. The van der Waals surface area contributed by atoms with Crippen molar-refractivity contribution in [1.82, 2.24) is 4.90 Å². The zero-order valence-electron chi connectivity index (χ0n) is 16.5. The van der Waals surface area contributed by atoms with Gasteiger partial charge in [0.15, 0.2) is 0 Å². The Kier molecular flexibility index (Phi) is 7.41. The summed E-state index contributed by atoms with van der Waals surface area (Å²) >= 11 is 0. The summed E-state index contributed by atoms with van der Waals surface area (Å²) in [5.41, 5.74) is 3.96. The number of nitrogens with zero attached hydrogens (tertiary/aromatic N) is 1. The molecule has 0 saturated carbocycles. The van der Waals surface area contributed by atoms with E-state index < -0.39 is 0 Å². The summed E-state index contributed by atoms with van der Waals surface area (Å²) in [6.07, 6.45) is 0.953. The van der Waals surface area contributed by atoms with Crippen LogP contribution >= 0.6 is 0 Å². The lowest BCUT2D eigenvalue weighted by Gasteiger charge is -2.18. The highest BCUT2D eigenvalue weighted by molar-refractivity contribution is 5.95. The van der Waals surface area contributed by atoms with E-state index in [1.165, 1.54) is 4.90 Å². The van der Waals surface area contributed by atoms with E-state index in [4.69, 9.17) is 4.74 Å². The third kappa shape index (κ3) is 6.44. The Labute approximate surface area is 161 Å². The zero-order chi connectivity index (χ0) is 19.8. The summed E-state index contributed by atoms with van der Waals surface area (Å²) in [6.45, 7) is 6.41. The van der Waals surface area contributed by atoms with Crippen LogP contribution in [0.1, 0.15) is 29.5 Å². The first-order valence-corrected chi connectivity index (χ1v) is 9.16. The van der Waals surface area contributed by atoms with Crippen molar-refractivity contribution < 1.29 is 14.3 Å². The number of nitrogens with one attached hydrogen (secondary N) is 1. The van der Waals surface area contributed by atoms with E-state index in [-0.39, 0.29) is 18.4 Å². The molecule has 0 atom stereocenters. The quantitative estimate of drug-likeness (QED) is 0.720. The highest BCUT2D eigenvalue weighted by Crippen LogP contribution is 2.19. The summed E-state index contributed by atoms with van der Waals surface area (Å²) in [6, 6.07) is 13.7. The molecule has 0 aliphatic rings. The molecule has 5 heteroatoms. The molecule has 2 aromatic carbocycles. The third-order valence-corrected chi connectivity index (χ3v) is 4.35. The zero-order valence-corrected chi connectivity index (χ0v) is 16.5. The molecule has 2 amide bonds. The fourth-order valence-electron chi connectivity index (χ4n) is 2.80.